The van der Waals surface area contributed by atoms with Gasteiger partial charge in [-0.1, -0.05) is 0 Å². The first-order valence-electron chi connectivity index (χ1n) is 3.85. The van der Waals surface area contributed by atoms with Crippen molar-refractivity contribution in [1.29, 1.82) is 0 Å². The maximum Gasteiger partial charge on any atom is 0.269 e. The molecule has 3 nitrogen and oxygen atoms in total. The highest BCUT2D eigenvalue weighted by Crippen LogP contribution is 2.35. The minimum atomic E-state index is -2.89. The van der Waals surface area contributed by atoms with Crippen LogP contribution >= 0.6 is 0 Å². The van der Waals surface area contributed by atoms with Gasteiger partial charge in [0.1, 0.15) is 5.75 Å². The summed E-state index contributed by atoms with van der Waals surface area (Å²) in [5.74, 6) is -1.01. The molecule has 0 aliphatic heterocycles. The van der Waals surface area contributed by atoms with Crippen LogP contribution in [0, 0.1) is 0 Å². The Morgan fingerprint density at radius 1 is 1.50 bits per heavy atom. The number of phenols is 1. The van der Waals surface area contributed by atoms with E-state index in [0.29, 0.717) is 0 Å². The van der Waals surface area contributed by atoms with E-state index in [1.807, 2.05) is 0 Å². The highest BCUT2D eigenvalue weighted by atomic mass is 19.3. The van der Waals surface area contributed by atoms with Gasteiger partial charge in [-0.3, -0.25) is 4.79 Å². The van der Waals surface area contributed by atoms with Crippen LogP contribution in [-0.2, 0) is 0 Å². The fourth-order valence-electron chi connectivity index (χ4n) is 1.16. The summed E-state index contributed by atoms with van der Waals surface area (Å²) in [6, 6.07) is 2.26. The molecular weight excluding hydrogens is 192 g/mol. The lowest BCUT2D eigenvalue weighted by Crippen LogP contribution is -2.04. The molecule has 0 aliphatic carbocycles. The first kappa shape index (κ1) is 10.4. The number of rotatable bonds is 2. The summed E-state index contributed by atoms with van der Waals surface area (Å²) >= 11 is 0. The second-order valence-electron chi connectivity index (χ2n) is 2.82. The first-order chi connectivity index (χ1) is 6.45. The molecule has 0 fully saturated rings. The van der Waals surface area contributed by atoms with E-state index in [1.165, 1.54) is 13.0 Å². The van der Waals surface area contributed by atoms with Crippen molar-refractivity contribution >= 4 is 11.5 Å². The molecule has 0 radical (unpaired) electrons. The number of Topliss-reactive ketones (excluding diaryl/α,β-unsaturated/α-hetero) is 1. The number of halogens is 2. The predicted molar refractivity (Wildman–Crippen MR) is 47.5 cm³/mol. The van der Waals surface area contributed by atoms with E-state index in [-0.39, 0.29) is 11.3 Å². The molecule has 0 spiro atoms. The summed E-state index contributed by atoms with van der Waals surface area (Å²) in [6.45, 7) is 1.22. The topological polar surface area (TPSA) is 63.3 Å². The minimum absolute atomic E-state index is 0.00176. The van der Waals surface area contributed by atoms with E-state index in [0.717, 1.165) is 6.07 Å². The molecule has 0 aromatic heterocycles. The Balaban J connectivity index is 3.41. The quantitative estimate of drug-likeness (QED) is 0.569. The summed E-state index contributed by atoms with van der Waals surface area (Å²) < 4.78 is 24.8. The Bertz CT molecular complexity index is 377. The van der Waals surface area contributed by atoms with Crippen molar-refractivity contribution in [3.8, 4) is 5.75 Å². The largest absolute Gasteiger partial charge is 0.507 e. The number of benzene rings is 1. The molecule has 5 heteroatoms. The molecular formula is C9H9F2NO2. The number of anilines is 1. The number of hydrogen-bond donors (Lipinski definition) is 2. The molecule has 0 bridgehead atoms. The van der Waals surface area contributed by atoms with Crippen molar-refractivity contribution in [3.05, 3.63) is 23.3 Å². The van der Waals surface area contributed by atoms with Crippen LogP contribution in [0.2, 0.25) is 0 Å². The lowest BCUT2D eigenvalue weighted by atomic mass is 10.0. The van der Waals surface area contributed by atoms with E-state index in [9.17, 15) is 13.6 Å². The Morgan fingerprint density at radius 3 is 2.50 bits per heavy atom. The lowest BCUT2D eigenvalue weighted by molar-refractivity contribution is 0.101. The Kier molecular flexibility index (Phi) is 2.69. The normalized spacial score (nSPS) is 10.6. The lowest BCUT2D eigenvalue weighted by Gasteiger charge is -2.09. The van der Waals surface area contributed by atoms with Crippen LogP contribution in [-0.4, -0.2) is 10.9 Å². The fourth-order valence-corrected chi connectivity index (χ4v) is 1.16. The van der Waals surface area contributed by atoms with Gasteiger partial charge in [-0.05, 0) is 19.1 Å². The third-order valence-electron chi connectivity index (χ3n) is 1.86. The van der Waals surface area contributed by atoms with Gasteiger partial charge in [0.15, 0.2) is 5.78 Å². The summed E-state index contributed by atoms with van der Waals surface area (Å²) in [5.41, 5.74) is 4.29. The summed E-state index contributed by atoms with van der Waals surface area (Å²) in [4.78, 5) is 10.9. The second-order valence-corrected chi connectivity index (χ2v) is 2.82. The number of phenolic OH excluding ortho intramolecular Hbond substituents is 1. The number of nitrogens with two attached hydrogens (primary N) is 1. The molecule has 0 saturated carbocycles. The SMILES string of the molecule is CC(=O)c1ccc(O)c(C(F)F)c1N. The van der Waals surface area contributed by atoms with Crippen LogP contribution in [0.5, 0.6) is 5.75 Å². The highest BCUT2D eigenvalue weighted by Gasteiger charge is 2.20. The minimum Gasteiger partial charge on any atom is -0.507 e. The number of alkyl halides is 2. The average molecular weight is 201 g/mol. The third-order valence-corrected chi connectivity index (χ3v) is 1.86. The standard InChI is InChI=1S/C9H9F2NO2/c1-4(13)5-2-3-6(14)7(8(5)12)9(10)11/h2-3,9,14H,12H2,1H3. The number of aromatic hydroxyl groups is 1. The molecule has 0 heterocycles. The van der Waals surface area contributed by atoms with Gasteiger partial charge in [-0.25, -0.2) is 8.78 Å². The maximum atomic E-state index is 12.4. The van der Waals surface area contributed by atoms with E-state index in [1.54, 1.807) is 0 Å². The molecule has 0 atom stereocenters. The van der Waals surface area contributed by atoms with Crippen molar-refractivity contribution in [2.45, 2.75) is 13.3 Å². The number of nitrogen functional groups attached to an aromatic ring is 1. The highest BCUT2D eigenvalue weighted by molar-refractivity contribution is 6.00. The molecule has 1 rings (SSSR count). The predicted octanol–water partition coefficient (Wildman–Crippen LogP) is 2.11. The average Bonchev–Trinajstić information content (AvgIpc) is 2.02. The van der Waals surface area contributed by atoms with Crippen molar-refractivity contribution in [2.75, 3.05) is 5.73 Å². The van der Waals surface area contributed by atoms with Crippen LogP contribution in [0.4, 0.5) is 14.5 Å². The van der Waals surface area contributed by atoms with Crippen molar-refractivity contribution in [3.63, 3.8) is 0 Å². The van der Waals surface area contributed by atoms with Gasteiger partial charge >= 0.3 is 0 Å². The van der Waals surface area contributed by atoms with Gasteiger partial charge < -0.3 is 10.8 Å². The van der Waals surface area contributed by atoms with Crippen LogP contribution in [0.15, 0.2) is 12.1 Å². The van der Waals surface area contributed by atoms with Gasteiger partial charge in [0, 0.05) is 5.56 Å². The molecule has 0 aliphatic rings. The van der Waals surface area contributed by atoms with Crippen LogP contribution in [0.3, 0.4) is 0 Å². The summed E-state index contributed by atoms with van der Waals surface area (Å²) in [6.07, 6.45) is -2.89. The maximum absolute atomic E-state index is 12.4. The van der Waals surface area contributed by atoms with Gasteiger partial charge in [0.05, 0.1) is 11.3 Å². The van der Waals surface area contributed by atoms with Gasteiger partial charge in [-0.15, -0.1) is 0 Å². The van der Waals surface area contributed by atoms with E-state index in [2.05, 4.69) is 0 Å². The Hall–Kier alpha value is -1.65. The first-order valence-corrected chi connectivity index (χ1v) is 3.85. The Morgan fingerprint density at radius 2 is 2.07 bits per heavy atom. The summed E-state index contributed by atoms with van der Waals surface area (Å²) in [5, 5.41) is 9.10. The zero-order chi connectivity index (χ0) is 10.9. The molecule has 1 aromatic rings. The number of carbonyl (C=O) groups excluding carboxylic acids is 1. The molecule has 0 saturated heterocycles. The van der Waals surface area contributed by atoms with E-state index < -0.39 is 23.5 Å². The summed E-state index contributed by atoms with van der Waals surface area (Å²) in [7, 11) is 0. The van der Waals surface area contributed by atoms with Crippen LogP contribution in [0.1, 0.15) is 29.3 Å². The van der Waals surface area contributed by atoms with Crippen molar-refractivity contribution in [1.82, 2.24) is 0 Å². The molecule has 14 heavy (non-hydrogen) atoms. The monoisotopic (exact) mass is 201 g/mol. The molecule has 0 unspecified atom stereocenters. The molecule has 0 amide bonds. The number of carbonyl (C=O) groups is 1. The molecule has 1 aromatic carbocycles. The molecule has 76 valence electrons. The third kappa shape index (κ3) is 1.66. The molecule has 3 N–H and O–H groups in total. The van der Waals surface area contributed by atoms with Gasteiger partial charge in [-0.2, -0.15) is 0 Å². The smallest absolute Gasteiger partial charge is 0.269 e. The van der Waals surface area contributed by atoms with Crippen molar-refractivity contribution in [2.24, 2.45) is 0 Å². The zero-order valence-electron chi connectivity index (χ0n) is 7.42. The fraction of sp³-hybridized carbons (Fsp3) is 0.222. The van der Waals surface area contributed by atoms with E-state index >= 15 is 0 Å². The Labute approximate surface area is 79.2 Å². The van der Waals surface area contributed by atoms with Gasteiger partial charge in [0.25, 0.3) is 6.43 Å². The second kappa shape index (κ2) is 3.61. The zero-order valence-corrected chi connectivity index (χ0v) is 7.42. The van der Waals surface area contributed by atoms with Crippen LogP contribution < -0.4 is 5.73 Å². The van der Waals surface area contributed by atoms with Crippen molar-refractivity contribution < 1.29 is 18.7 Å². The van der Waals surface area contributed by atoms with E-state index in [4.69, 9.17) is 10.8 Å². The van der Waals surface area contributed by atoms with Crippen LogP contribution in [0.25, 0.3) is 0 Å². The number of hydrogen-bond acceptors (Lipinski definition) is 3. The van der Waals surface area contributed by atoms with Gasteiger partial charge in [0.2, 0.25) is 0 Å². The number of ketones is 1.